The molecule has 0 spiro atoms. The van der Waals surface area contributed by atoms with Gasteiger partial charge in [0.05, 0.1) is 6.04 Å². The first-order valence-electron chi connectivity index (χ1n) is 7.57. The lowest BCUT2D eigenvalue weighted by atomic mass is 9.79. The van der Waals surface area contributed by atoms with Gasteiger partial charge in [0.1, 0.15) is 0 Å². The lowest BCUT2D eigenvalue weighted by Gasteiger charge is -2.45. The number of nitrogens with zero attached hydrogens (tertiary/aromatic N) is 2. The number of benzene rings is 1. The van der Waals surface area contributed by atoms with Gasteiger partial charge in [-0.05, 0) is 37.9 Å². The third-order valence-electron chi connectivity index (χ3n) is 4.83. The molecule has 0 saturated heterocycles. The summed E-state index contributed by atoms with van der Waals surface area (Å²) in [6.45, 7) is 4.43. The molecule has 0 aliphatic rings. The van der Waals surface area contributed by atoms with Crippen LogP contribution < -0.4 is 11.3 Å². The van der Waals surface area contributed by atoms with Gasteiger partial charge in [0.15, 0.2) is 0 Å². The fourth-order valence-corrected chi connectivity index (χ4v) is 3.45. The SMILES string of the molecule is CCC(CC)(C(NN)c1cncc2ccccc12)N(C)C. The second-order valence-electron chi connectivity index (χ2n) is 5.75. The quantitative estimate of drug-likeness (QED) is 0.633. The Balaban J connectivity index is 2.63. The Morgan fingerprint density at radius 3 is 2.43 bits per heavy atom. The molecule has 0 fully saturated rings. The minimum absolute atomic E-state index is 0.0288. The largest absolute Gasteiger partial charge is 0.302 e. The van der Waals surface area contributed by atoms with Crippen LogP contribution in [0.25, 0.3) is 10.8 Å². The maximum absolute atomic E-state index is 5.97. The van der Waals surface area contributed by atoms with Crippen molar-refractivity contribution >= 4 is 10.8 Å². The van der Waals surface area contributed by atoms with Crippen LogP contribution in [0.4, 0.5) is 0 Å². The molecule has 2 aromatic rings. The van der Waals surface area contributed by atoms with Gasteiger partial charge in [-0.1, -0.05) is 38.1 Å². The van der Waals surface area contributed by atoms with Crippen molar-refractivity contribution in [2.24, 2.45) is 5.84 Å². The van der Waals surface area contributed by atoms with Gasteiger partial charge in [-0.3, -0.25) is 16.3 Å². The first kappa shape index (κ1) is 15.9. The van der Waals surface area contributed by atoms with E-state index >= 15 is 0 Å². The third kappa shape index (κ3) is 2.67. The van der Waals surface area contributed by atoms with Crippen molar-refractivity contribution in [2.45, 2.75) is 38.3 Å². The van der Waals surface area contributed by atoms with Gasteiger partial charge >= 0.3 is 0 Å². The van der Waals surface area contributed by atoms with Crippen LogP contribution in [0.2, 0.25) is 0 Å². The first-order valence-corrected chi connectivity index (χ1v) is 7.57. The molecule has 3 N–H and O–H groups in total. The van der Waals surface area contributed by atoms with Crippen LogP contribution in [-0.4, -0.2) is 29.5 Å². The summed E-state index contributed by atoms with van der Waals surface area (Å²) in [6, 6.07) is 8.37. The molecular formula is C17H26N4. The number of nitrogens with one attached hydrogen (secondary N) is 1. The van der Waals surface area contributed by atoms with Gasteiger partial charge < -0.3 is 4.90 Å². The van der Waals surface area contributed by atoms with Gasteiger partial charge in [0.25, 0.3) is 0 Å². The van der Waals surface area contributed by atoms with Crippen LogP contribution in [0.15, 0.2) is 36.7 Å². The molecule has 114 valence electrons. The van der Waals surface area contributed by atoms with E-state index in [0.717, 1.165) is 23.8 Å². The van der Waals surface area contributed by atoms with E-state index in [0.29, 0.717) is 0 Å². The van der Waals surface area contributed by atoms with E-state index in [4.69, 9.17) is 5.84 Å². The molecule has 4 heteroatoms. The zero-order valence-electron chi connectivity index (χ0n) is 13.4. The number of rotatable bonds is 6. The Kier molecular flexibility index (Phi) is 4.93. The van der Waals surface area contributed by atoms with E-state index in [2.05, 4.69) is 61.5 Å². The van der Waals surface area contributed by atoms with Gasteiger partial charge in [0.2, 0.25) is 0 Å². The van der Waals surface area contributed by atoms with Crippen molar-refractivity contribution in [1.82, 2.24) is 15.3 Å². The number of hydrogen-bond acceptors (Lipinski definition) is 4. The van der Waals surface area contributed by atoms with Crippen molar-refractivity contribution in [2.75, 3.05) is 14.1 Å². The molecule has 0 saturated carbocycles. The fraction of sp³-hybridized carbons (Fsp3) is 0.471. The summed E-state index contributed by atoms with van der Waals surface area (Å²) in [5, 5.41) is 2.36. The van der Waals surface area contributed by atoms with Gasteiger partial charge in [-0.25, -0.2) is 0 Å². The van der Waals surface area contributed by atoms with Crippen LogP contribution in [0.3, 0.4) is 0 Å². The zero-order chi connectivity index (χ0) is 15.5. The van der Waals surface area contributed by atoms with Crippen molar-refractivity contribution in [3.8, 4) is 0 Å². The molecule has 0 bridgehead atoms. The fourth-order valence-electron chi connectivity index (χ4n) is 3.45. The number of fused-ring (bicyclic) bond motifs is 1. The molecule has 1 atom stereocenters. The number of aromatic nitrogens is 1. The molecule has 1 unspecified atom stereocenters. The summed E-state index contributed by atoms with van der Waals surface area (Å²) in [5.41, 5.74) is 4.17. The highest BCUT2D eigenvalue weighted by atomic mass is 15.3. The Bertz CT molecular complexity index is 585. The van der Waals surface area contributed by atoms with Crippen molar-refractivity contribution in [1.29, 1.82) is 0 Å². The minimum Gasteiger partial charge on any atom is -0.302 e. The Morgan fingerprint density at radius 1 is 1.19 bits per heavy atom. The summed E-state index contributed by atoms with van der Waals surface area (Å²) in [4.78, 5) is 6.69. The summed E-state index contributed by atoms with van der Waals surface area (Å²) in [5.74, 6) is 5.97. The molecule has 0 aliphatic heterocycles. The first-order chi connectivity index (χ1) is 10.1. The normalized spacial score (nSPS) is 13.8. The smallest absolute Gasteiger partial charge is 0.0664 e. The molecule has 4 nitrogen and oxygen atoms in total. The summed E-state index contributed by atoms with van der Waals surface area (Å²) >= 11 is 0. The van der Waals surface area contributed by atoms with Crippen molar-refractivity contribution in [3.05, 3.63) is 42.2 Å². The Hall–Kier alpha value is -1.49. The van der Waals surface area contributed by atoms with Gasteiger partial charge in [-0.15, -0.1) is 0 Å². The number of hydrazine groups is 1. The van der Waals surface area contributed by atoms with Gasteiger partial charge in [-0.2, -0.15) is 0 Å². The number of nitrogens with two attached hydrogens (primary N) is 1. The van der Waals surface area contributed by atoms with E-state index in [1.54, 1.807) is 0 Å². The van der Waals surface area contributed by atoms with Crippen LogP contribution in [0.1, 0.15) is 38.3 Å². The summed E-state index contributed by atoms with van der Waals surface area (Å²) < 4.78 is 0. The lowest BCUT2D eigenvalue weighted by molar-refractivity contribution is 0.0887. The summed E-state index contributed by atoms with van der Waals surface area (Å²) in [6.07, 6.45) is 5.86. The average molecular weight is 286 g/mol. The third-order valence-corrected chi connectivity index (χ3v) is 4.83. The van der Waals surface area contributed by atoms with Crippen LogP contribution >= 0.6 is 0 Å². The molecule has 0 aliphatic carbocycles. The van der Waals surface area contributed by atoms with E-state index in [1.807, 2.05) is 18.5 Å². The van der Waals surface area contributed by atoms with Crippen molar-refractivity contribution < 1.29 is 0 Å². The number of likely N-dealkylation sites (N-methyl/N-ethyl adjacent to an activating group) is 1. The predicted molar refractivity (Wildman–Crippen MR) is 88.8 cm³/mol. The molecule has 2 rings (SSSR count). The topological polar surface area (TPSA) is 54.2 Å². The van der Waals surface area contributed by atoms with Crippen LogP contribution in [-0.2, 0) is 0 Å². The maximum atomic E-state index is 5.97. The standard InChI is InChI=1S/C17H26N4/c1-5-17(6-2,21(3)4)16(20-18)15-12-19-11-13-9-7-8-10-14(13)15/h7-12,16,20H,5-6,18H2,1-4H3. The second-order valence-corrected chi connectivity index (χ2v) is 5.75. The monoisotopic (exact) mass is 286 g/mol. The maximum Gasteiger partial charge on any atom is 0.0664 e. The second kappa shape index (κ2) is 6.52. The molecule has 0 amide bonds. The van der Waals surface area contributed by atoms with Gasteiger partial charge in [0, 0.05) is 23.3 Å². The minimum atomic E-state index is -0.0411. The molecule has 1 aromatic carbocycles. The van der Waals surface area contributed by atoms with E-state index < -0.39 is 0 Å². The Morgan fingerprint density at radius 2 is 1.86 bits per heavy atom. The highest BCUT2D eigenvalue weighted by molar-refractivity contribution is 5.85. The highest BCUT2D eigenvalue weighted by Gasteiger charge is 2.39. The molecule has 21 heavy (non-hydrogen) atoms. The molecular weight excluding hydrogens is 260 g/mol. The zero-order valence-corrected chi connectivity index (χ0v) is 13.4. The molecule has 1 heterocycles. The summed E-state index contributed by atoms with van der Waals surface area (Å²) in [7, 11) is 4.24. The number of pyridine rings is 1. The predicted octanol–water partition coefficient (Wildman–Crippen LogP) is 2.86. The lowest BCUT2D eigenvalue weighted by Crippen LogP contribution is -2.54. The Labute approximate surface area is 127 Å². The van der Waals surface area contributed by atoms with Crippen LogP contribution in [0, 0.1) is 0 Å². The van der Waals surface area contributed by atoms with Crippen molar-refractivity contribution in [3.63, 3.8) is 0 Å². The molecule has 0 radical (unpaired) electrons. The number of hydrogen-bond donors (Lipinski definition) is 2. The highest BCUT2D eigenvalue weighted by Crippen LogP contribution is 2.37. The van der Waals surface area contributed by atoms with E-state index in [-0.39, 0.29) is 11.6 Å². The molecule has 1 aromatic heterocycles. The van der Waals surface area contributed by atoms with E-state index in [1.165, 1.54) is 5.39 Å². The van der Waals surface area contributed by atoms with Crippen LogP contribution in [0.5, 0.6) is 0 Å². The van der Waals surface area contributed by atoms with E-state index in [9.17, 15) is 0 Å². The average Bonchev–Trinajstić information content (AvgIpc) is 2.52.